The van der Waals surface area contributed by atoms with Gasteiger partial charge in [0.15, 0.2) is 0 Å². The van der Waals surface area contributed by atoms with Crippen LogP contribution in [-0.4, -0.2) is 43.4 Å². The number of aromatic nitrogens is 4. The lowest BCUT2D eigenvalue weighted by Crippen LogP contribution is -2.38. The Balaban J connectivity index is 1.64. The second kappa shape index (κ2) is 8.54. The third-order valence-electron chi connectivity index (χ3n) is 4.50. The number of para-hydroxylation sites is 2. The first-order chi connectivity index (χ1) is 14.5. The van der Waals surface area contributed by atoms with E-state index in [2.05, 4.69) is 20.8 Å². The number of benzene rings is 2. The lowest BCUT2D eigenvalue weighted by molar-refractivity contribution is -0.117. The van der Waals surface area contributed by atoms with Gasteiger partial charge in [0.05, 0.1) is 23.0 Å². The summed E-state index contributed by atoms with van der Waals surface area (Å²) in [7, 11) is 1.71. The van der Waals surface area contributed by atoms with Crippen molar-refractivity contribution >= 4 is 40.6 Å². The zero-order valence-corrected chi connectivity index (χ0v) is 17.1. The molecule has 10 heteroatoms. The minimum absolute atomic E-state index is 0.112. The lowest BCUT2D eigenvalue weighted by Gasteiger charge is -2.19. The number of rotatable bonds is 4. The minimum atomic E-state index is -0.413. The Morgan fingerprint density at radius 2 is 1.83 bits per heavy atom. The van der Waals surface area contributed by atoms with E-state index >= 15 is 0 Å². The van der Waals surface area contributed by atoms with Gasteiger partial charge >= 0.3 is 0 Å². The van der Waals surface area contributed by atoms with Crippen LogP contribution in [0.2, 0.25) is 0 Å². The minimum Gasteiger partial charge on any atom is -0.313 e. The Labute approximate surface area is 176 Å². The fourth-order valence-corrected chi connectivity index (χ4v) is 3.76. The molecule has 0 bridgehead atoms. The van der Waals surface area contributed by atoms with E-state index in [9.17, 15) is 9.18 Å². The van der Waals surface area contributed by atoms with Gasteiger partial charge in [0.1, 0.15) is 11.7 Å². The van der Waals surface area contributed by atoms with Gasteiger partial charge in [-0.3, -0.25) is 9.79 Å². The number of halogens is 1. The van der Waals surface area contributed by atoms with Crippen LogP contribution in [0.5, 0.6) is 0 Å². The van der Waals surface area contributed by atoms with E-state index < -0.39 is 5.92 Å². The molecule has 0 radical (unpaired) electrons. The molecule has 0 fully saturated rings. The van der Waals surface area contributed by atoms with Crippen LogP contribution >= 0.6 is 11.8 Å². The van der Waals surface area contributed by atoms with Crippen LogP contribution < -0.4 is 5.32 Å². The van der Waals surface area contributed by atoms with Crippen LogP contribution in [0, 0.1) is 5.82 Å². The fourth-order valence-electron chi connectivity index (χ4n) is 3.11. The summed E-state index contributed by atoms with van der Waals surface area (Å²) >= 11 is 1.22. The lowest BCUT2D eigenvalue weighted by atomic mass is 9.93. The average Bonchev–Trinajstić information content (AvgIpc) is 3.08. The molecular formula is C20H18FN7OS. The molecule has 152 valence electrons. The molecule has 1 aliphatic heterocycles. The molecule has 1 N–H and O–H groups in total. The molecule has 0 aliphatic carbocycles. The van der Waals surface area contributed by atoms with Crippen LogP contribution in [-0.2, 0) is 11.8 Å². The van der Waals surface area contributed by atoms with E-state index in [-0.39, 0.29) is 17.5 Å². The Hall–Kier alpha value is -3.40. The number of thioether (sulfide) groups is 1. The van der Waals surface area contributed by atoms with E-state index in [0.717, 1.165) is 11.3 Å². The third-order valence-corrected chi connectivity index (χ3v) is 5.51. The number of carbonyl (C=O) groups excluding carboxylic acids is 1. The van der Waals surface area contributed by atoms with Crippen LogP contribution in [0.25, 0.3) is 0 Å². The van der Waals surface area contributed by atoms with Gasteiger partial charge in [0.25, 0.3) is 0 Å². The SMILES string of the molecule is CC1=Nc2ccccc2N=C(NC(=O)CSc2nnnn2C)[C@@H]1c1ccc(F)cc1. The van der Waals surface area contributed by atoms with Crippen LogP contribution in [0.1, 0.15) is 18.4 Å². The number of tetrazole rings is 1. The third kappa shape index (κ3) is 4.28. The van der Waals surface area contributed by atoms with Gasteiger partial charge in [0, 0.05) is 12.8 Å². The number of fused-ring (bicyclic) bond motifs is 1. The van der Waals surface area contributed by atoms with Crippen molar-refractivity contribution in [2.45, 2.75) is 18.0 Å². The largest absolute Gasteiger partial charge is 0.313 e. The van der Waals surface area contributed by atoms with E-state index in [1.54, 1.807) is 19.2 Å². The van der Waals surface area contributed by atoms with Crippen molar-refractivity contribution in [3.05, 3.63) is 59.9 Å². The first kappa shape index (κ1) is 19.9. The number of amides is 1. The smallest absolute Gasteiger partial charge is 0.235 e. The van der Waals surface area contributed by atoms with Crippen molar-refractivity contribution in [3.63, 3.8) is 0 Å². The van der Waals surface area contributed by atoms with E-state index in [1.165, 1.54) is 28.6 Å². The van der Waals surface area contributed by atoms with Crippen LogP contribution in [0.4, 0.5) is 15.8 Å². The van der Waals surface area contributed by atoms with Gasteiger partial charge in [-0.2, -0.15) is 0 Å². The van der Waals surface area contributed by atoms with Crippen molar-refractivity contribution in [2.24, 2.45) is 17.0 Å². The van der Waals surface area contributed by atoms with E-state index in [1.807, 2.05) is 31.2 Å². The molecule has 0 saturated heterocycles. The zero-order chi connectivity index (χ0) is 21.1. The van der Waals surface area contributed by atoms with Crippen molar-refractivity contribution in [1.82, 2.24) is 25.5 Å². The average molecular weight is 423 g/mol. The molecule has 0 saturated carbocycles. The standard InChI is InChI=1S/C20H18FN7OS/c1-12-18(13-7-9-14(21)10-8-13)19(23-16-6-4-3-5-15(16)22-12)24-17(29)11-30-20-25-26-27-28(20)2/h3-10,18H,11H2,1-2H3,(H,23,24,29)/t18-/m0/s1. The van der Waals surface area contributed by atoms with Gasteiger partial charge in [0.2, 0.25) is 11.1 Å². The molecule has 1 atom stereocenters. The number of carbonyl (C=O) groups is 1. The number of aliphatic imine (C=N–C) groups is 2. The van der Waals surface area contributed by atoms with Crippen molar-refractivity contribution in [1.29, 1.82) is 0 Å². The van der Waals surface area contributed by atoms with Crippen LogP contribution in [0.15, 0.2) is 63.7 Å². The zero-order valence-electron chi connectivity index (χ0n) is 16.3. The predicted molar refractivity (Wildman–Crippen MR) is 113 cm³/mol. The summed E-state index contributed by atoms with van der Waals surface area (Å²) in [6, 6.07) is 13.6. The predicted octanol–water partition coefficient (Wildman–Crippen LogP) is 3.18. The molecule has 1 amide bonds. The Bertz CT molecular complexity index is 1140. The number of amidine groups is 1. The highest BCUT2D eigenvalue weighted by Crippen LogP contribution is 2.34. The number of nitrogens with zero attached hydrogens (tertiary/aromatic N) is 6. The normalized spacial score (nSPS) is 15.6. The van der Waals surface area contributed by atoms with Gasteiger partial charge in [-0.25, -0.2) is 14.1 Å². The summed E-state index contributed by atoms with van der Waals surface area (Å²) in [5.41, 5.74) is 2.90. The molecule has 2 heterocycles. The highest BCUT2D eigenvalue weighted by atomic mass is 32.2. The maximum Gasteiger partial charge on any atom is 0.235 e. The van der Waals surface area contributed by atoms with Crippen molar-refractivity contribution < 1.29 is 9.18 Å². The highest BCUT2D eigenvalue weighted by Gasteiger charge is 2.26. The first-order valence-electron chi connectivity index (χ1n) is 9.14. The second-order valence-corrected chi connectivity index (χ2v) is 7.59. The molecule has 8 nitrogen and oxygen atoms in total. The molecule has 0 unspecified atom stereocenters. The number of hydrogen-bond donors (Lipinski definition) is 1. The molecule has 4 rings (SSSR count). The topological polar surface area (TPSA) is 97.4 Å². The summed E-state index contributed by atoms with van der Waals surface area (Å²) in [5.74, 6) is -0.443. The summed E-state index contributed by atoms with van der Waals surface area (Å²) in [4.78, 5) is 22.1. The molecule has 30 heavy (non-hydrogen) atoms. The molecular weight excluding hydrogens is 405 g/mol. The maximum atomic E-state index is 13.5. The summed E-state index contributed by atoms with van der Waals surface area (Å²) in [6.07, 6.45) is 0. The molecule has 1 aliphatic rings. The van der Waals surface area contributed by atoms with Gasteiger partial charge in [-0.15, -0.1) is 5.10 Å². The van der Waals surface area contributed by atoms with Gasteiger partial charge in [-0.1, -0.05) is 36.0 Å². The highest BCUT2D eigenvalue weighted by molar-refractivity contribution is 7.99. The Morgan fingerprint density at radius 3 is 2.50 bits per heavy atom. The first-order valence-corrected chi connectivity index (χ1v) is 10.1. The fraction of sp³-hybridized carbons (Fsp3) is 0.200. The molecule has 0 spiro atoms. The summed E-state index contributed by atoms with van der Waals surface area (Å²) < 4.78 is 15.0. The molecule has 1 aromatic heterocycles. The maximum absolute atomic E-state index is 13.5. The number of aryl methyl sites for hydroxylation is 1. The molecule has 2 aromatic carbocycles. The van der Waals surface area contributed by atoms with Crippen molar-refractivity contribution in [3.8, 4) is 0 Å². The van der Waals surface area contributed by atoms with Crippen molar-refractivity contribution in [2.75, 3.05) is 5.75 Å². The monoisotopic (exact) mass is 423 g/mol. The van der Waals surface area contributed by atoms with E-state index in [0.29, 0.717) is 22.4 Å². The van der Waals surface area contributed by atoms with Crippen LogP contribution in [0.3, 0.4) is 0 Å². The van der Waals surface area contributed by atoms with Gasteiger partial charge < -0.3 is 5.32 Å². The quantitative estimate of drug-likeness (QED) is 0.650. The summed E-state index contributed by atoms with van der Waals surface area (Å²) in [6.45, 7) is 1.87. The van der Waals surface area contributed by atoms with E-state index in [4.69, 9.17) is 9.98 Å². The second-order valence-electron chi connectivity index (χ2n) is 6.65. The number of hydrogen-bond acceptors (Lipinski definition) is 7. The number of nitrogens with one attached hydrogen (secondary N) is 1. The summed E-state index contributed by atoms with van der Waals surface area (Å²) in [5, 5.41) is 14.6. The van der Waals surface area contributed by atoms with Gasteiger partial charge in [-0.05, 0) is 47.2 Å². The molecule has 3 aromatic rings. The Kier molecular flexibility index (Phi) is 5.66. The Morgan fingerprint density at radius 1 is 1.13 bits per heavy atom.